The number of carbonyl (C=O) groups is 1. The van der Waals surface area contributed by atoms with Gasteiger partial charge in [-0.1, -0.05) is 43.2 Å². The Morgan fingerprint density at radius 1 is 1.06 bits per heavy atom. The Kier molecular flexibility index (Phi) is 6.41. The van der Waals surface area contributed by atoms with E-state index in [1.54, 1.807) is 0 Å². The van der Waals surface area contributed by atoms with E-state index in [9.17, 15) is 17.6 Å². The van der Waals surface area contributed by atoms with Gasteiger partial charge in [-0.2, -0.15) is 4.31 Å². The van der Waals surface area contributed by atoms with Gasteiger partial charge in [0.1, 0.15) is 10.7 Å². The summed E-state index contributed by atoms with van der Waals surface area (Å²) in [6.07, 6.45) is 4.17. The van der Waals surface area contributed by atoms with E-state index in [1.165, 1.54) is 15.9 Å². The molecule has 2 aromatic carbocycles. The molecule has 1 aliphatic carbocycles. The lowest BCUT2D eigenvalue weighted by Gasteiger charge is -2.30. The van der Waals surface area contributed by atoms with Crippen LogP contribution in [0.2, 0.25) is 0 Å². The number of nitrogens with zero attached hydrogens (tertiary/aromatic N) is 1. The topological polar surface area (TPSA) is 75.7 Å². The van der Waals surface area contributed by atoms with Gasteiger partial charge in [-0.3, -0.25) is 4.79 Å². The summed E-state index contributed by atoms with van der Waals surface area (Å²) >= 11 is 0. The molecule has 0 bridgehead atoms. The van der Waals surface area contributed by atoms with E-state index >= 15 is 0 Å². The smallest absolute Gasteiger partial charge is 0.251 e. The van der Waals surface area contributed by atoms with E-state index < -0.39 is 26.6 Å². The SMILES string of the molecule is O=C(NCC1(c2ccccc2)CCCC1)c1ccc(F)c(S(=O)(=O)N2CCOCC2)c1. The van der Waals surface area contributed by atoms with Gasteiger partial charge in [-0.05, 0) is 36.6 Å². The van der Waals surface area contributed by atoms with Crippen LogP contribution in [0.1, 0.15) is 41.6 Å². The summed E-state index contributed by atoms with van der Waals surface area (Å²) in [5.74, 6) is -1.26. The largest absolute Gasteiger partial charge is 0.379 e. The molecule has 1 N–H and O–H groups in total. The number of benzene rings is 2. The van der Waals surface area contributed by atoms with Crippen molar-refractivity contribution in [3.05, 3.63) is 65.5 Å². The molecule has 2 aliphatic rings. The van der Waals surface area contributed by atoms with Gasteiger partial charge in [0.15, 0.2) is 0 Å². The van der Waals surface area contributed by atoms with Crippen LogP contribution in [0.5, 0.6) is 0 Å². The van der Waals surface area contributed by atoms with E-state index in [0.29, 0.717) is 6.54 Å². The molecule has 0 aromatic heterocycles. The lowest BCUT2D eigenvalue weighted by molar-refractivity contribution is 0.0729. The van der Waals surface area contributed by atoms with Gasteiger partial charge >= 0.3 is 0 Å². The van der Waals surface area contributed by atoms with Crippen molar-refractivity contribution in [3.8, 4) is 0 Å². The molecule has 1 saturated heterocycles. The highest BCUT2D eigenvalue weighted by atomic mass is 32.2. The highest BCUT2D eigenvalue weighted by molar-refractivity contribution is 7.89. The molecule has 166 valence electrons. The maximum Gasteiger partial charge on any atom is 0.251 e. The minimum absolute atomic E-state index is 0.125. The van der Waals surface area contributed by atoms with Gasteiger partial charge in [0.2, 0.25) is 10.0 Å². The van der Waals surface area contributed by atoms with Crippen molar-refractivity contribution >= 4 is 15.9 Å². The van der Waals surface area contributed by atoms with Crippen LogP contribution in [-0.4, -0.2) is 51.5 Å². The number of rotatable bonds is 6. The van der Waals surface area contributed by atoms with Crippen molar-refractivity contribution in [1.82, 2.24) is 9.62 Å². The minimum Gasteiger partial charge on any atom is -0.379 e. The summed E-state index contributed by atoms with van der Waals surface area (Å²) in [6.45, 7) is 1.32. The number of ether oxygens (including phenoxy) is 1. The predicted molar refractivity (Wildman–Crippen MR) is 115 cm³/mol. The molecule has 1 amide bonds. The zero-order valence-electron chi connectivity index (χ0n) is 17.3. The predicted octanol–water partition coefficient (Wildman–Crippen LogP) is 3.09. The van der Waals surface area contributed by atoms with Gasteiger partial charge in [-0.15, -0.1) is 0 Å². The highest BCUT2D eigenvalue weighted by Crippen LogP contribution is 2.40. The molecule has 1 aliphatic heterocycles. The summed E-state index contributed by atoms with van der Waals surface area (Å²) in [5, 5.41) is 2.97. The Balaban J connectivity index is 1.53. The van der Waals surface area contributed by atoms with Crippen molar-refractivity contribution in [2.75, 3.05) is 32.8 Å². The molecule has 0 spiro atoms. The van der Waals surface area contributed by atoms with Crippen molar-refractivity contribution in [3.63, 3.8) is 0 Å². The fourth-order valence-electron chi connectivity index (χ4n) is 4.53. The van der Waals surface area contributed by atoms with Crippen LogP contribution in [0.3, 0.4) is 0 Å². The second-order valence-electron chi connectivity index (χ2n) is 8.20. The first-order valence-corrected chi connectivity index (χ1v) is 12.1. The minimum atomic E-state index is -4.04. The molecule has 6 nitrogen and oxygen atoms in total. The summed E-state index contributed by atoms with van der Waals surface area (Å²) in [5.41, 5.74) is 1.21. The maximum absolute atomic E-state index is 14.4. The van der Waals surface area contributed by atoms with Crippen molar-refractivity contribution in [1.29, 1.82) is 0 Å². The van der Waals surface area contributed by atoms with Crippen molar-refractivity contribution < 1.29 is 22.3 Å². The van der Waals surface area contributed by atoms with Crippen LogP contribution in [0.4, 0.5) is 4.39 Å². The van der Waals surface area contributed by atoms with Gasteiger partial charge in [0, 0.05) is 30.6 Å². The zero-order chi connectivity index (χ0) is 21.9. The molecule has 2 aromatic rings. The molecule has 1 heterocycles. The average molecular weight is 447 g/mol. The molecule has 4 rings (SSSR count). The molecule has 0 radical (unpaired) electrons. The Bertz CT molecular complexity index is 1030. The molecule has 31 heavy (non-hydrogen) atoms. The maximum atomic E-state index is 14.4. The second-order valence-corrected chi connectivity index (χ2v) is 10.1. The summed E-state index contributed by atoms with van der Waals surface area (Å²) < 4.78 is 46.6. The van der Waals surface area contributed by atoms with E-state index in [0.717, 1.165) is 37.8 Å². The quantitative estimate of drug-likeness (QED) is 0.740. The number of carbonyl (C=O) groups excluding carboxylic acids is 1. The van der Waals surface area contributed by atoms with E-state index in [-0.39, 0.29) is 37.3 Å². The third-order valence-electron chi connectivity index (χ3n) is 6.32. The van der Waals surface area contributed by atoms with E-state index in [2.05, 4.69) is 17.4 Å². The van der Waals surface area contributed by atoms with Gasteiger partial charge in [0.05, 0.1) is 13.2 Å². The van der Waals surface area contributed by atoms with Crippen LogP contribution in [0.15, 0.2) is 53.4 Å². The lowest BCUT2D eigenvalue weighted by atomic mass is 9.79. The van der Waals surface area contributed by atoms with Crippen molar-refractivity contribution in [2.45, 2.75) is 36.0 Å². The molecule has 0 atom stereocenters. The van der Waals surface area contributed by atoms with Gasteiger partial charge < -0.3 is 10.1 Å². The van der Waals surface area contributed by atoms with Crippen LogP contribution in [0, 0.1) is 5.82 Å². The normalized spacial score (nSPS) is 19.3. The molecule has 2 fully saturated rings. The fraction of sp³-hybridized carbons (Fsp3) is 0.435. The Morgan fingerprint density at radius 2 is 1.74 bits per heavy atom. The average Bonchev–Trinajstić information content (AvgIpc) is 3.29. The van der Waals surface area contributed by atoms with Crippen LogP contribution in [-0.2, 0) is 20.2 Å². The second kappa shape index (κ2) is 9.06. The third-order valence-corrected chi connectivity index (χ3v) is 8.23. The van der Waals surface area contributed by atoms with Gasteiger partial charge in [-0.25, -0.2) is 12.8 Å². The summed E-state index contributed by atoms with van der Waals surface area (Å²) in [4.78, 5) is 12.4. The summed E-state index contributed by atoms with van der Waals surface area (Å²) in [7, 11) is -4.04. The first kappa shape index (κ1) is 21.9. The first-order chi connectivity index (χ1) is 14.9. The third kappa shape index (κ3) is 4.51. The summed E-state index contributed by atoms with van der Waals surface area (Å²) in [6, 6.07) is 13.7. The van der Waals surface area contributed by atoms with Crippen LogP contribution >= 0.6 is 0 Å². The Hall–Kier alpha value is -2.29. The number of amides is 1. The first-order valence-electron chi connectivity index (χ1n) is 10.6. The number of halogens is 1. The fourth-order valence-corrected chi connectivity index (χ4v) is 6.03. The van der Waals surface area contributed by atoms with Crippen molar-refractivity contribution in [2.24, 2.45) is 0 Å². The lowest BCUT2D eigenvalue weighted by Crippen LogP contribution is -2.41. The van der Waals surface area contributed by atoms with E-state index in [1.807, 2.05) is 18.2 Å². The molecule has 1 saturated carbocycles. The highest BCUT2D eigenvalue weighted by Gasteiger charge is 2.36. The molecular formula is C23H27FN2O4S. The van der Waals surface area contributed by atoms with Crippen LogP contribution in [0.25, 0.3) is 0 Å². The zero-order valence-corrected chi connectivity index (χ0v) is 18.2. The van der Waals surface area contributed by atoms with Crippen LogP contribution < -0.4 is 5.32 Å². The number of nitrogens with one attached hydrogen (secondary N) is 1. The molecule has 8 heteroatoms. The monoisotopic (exact) mass is 446 g/mol. The standard InChI is InChI=1S/C23H27FN2O4S/c24-20-9-8-18(16-21(20)31(28,29)26-12-14-30-15-13-26)22(27)25-17-23(10-4-5-11-23)19-6-2-1-3-7-19/h1-3,6-9,16H,4-5,10-15,17H2,(H,25,27). The molecular weight excluding hydrogens is 419 g/mol. The molecule has 0 unspecified atom stereocenters. The Morgan fingerprint density at radius 3 is 2.42 bits per heavy atom. The Labute approximate surface area is 182 Å². The number of hydrogen-bond acceptors (Lipinski definition) is 4. The number of sulfonamides is 1. The van der Waals surface area contributed by atoms with Gasteiger partial charge in [0.25, 0.3) is 5.91 Å². The number of morpholine rings is 1. The van der Waals surface area contributed by atoms with E-state index in [4.69, 9.17) is 4.74 Å². The number of hydrogen-bond donors (Lipinski definition) is 1.